The molecule has 2 aromatic heterocycles. The van der Waals surface area contributed by atoms with Crippen LogP contribution in [0.15, 0.2) is 24.4 Å². The summed E-state index contributed by atoms with van der Waals surface area (Å²) < 4.78 is 0. The Hall–Kier alpha value is -1.86. The van der Waals surface area contributed by atoms with Crippen molar-refractivity contribution >= 4 is 22.4 Å². The second-order valence-electron chi connectivity index (χ2n) is 4.26. The molecule has 0 spiro atoms. The fourth-order valence-electron chi connectivity index (χ4n) is 1.98. The van der Waals surface area contributed by atoms with Gasteiger partial charge in [-0.15, -0.1) is 10.2 Å². The number of aromatic nitrogens is 3. The minimum absolute atomic E-state index is 0.261. The Morgan fingerprint density at radius 1 is 1.42 bits per heavy atom. The van der Waals surface area contributed by atoms with E-state index in [1.54, 1.807) is 24.4 Å². The van der Waals surface area contributed by atoms with E-state index >= 15 is 0 Å². The molecule has 1 atom stereocenters. The van der Waals surface area contributed by atoms with Gasteiger partial charge in [-0.2, -0.15) is 0 Å². The average molecular weight is 275 g/mol. The van der Waals surface area contributed by atoms with Crippen LogP contribution in [0.4, 0.5) is 5.13 Å². The Labute approximate surface area is 114 Å². The number of carbonyl (C=O) groups excluding carboxylic acids is 1. The lowest BCUT2D eigenvalue weighted by atomic mass is 10.2. The number of carbonyl (C=O) groups is 1. The van der Waals surface area contributed by atoms with E-state index < -0.39 is 0 Å². The van der Waals surface area contributed by atoms with E-state index in [1.807, 2.05) is 0 Å². The number of hydrogen-bond donors (Lipinski definition) is 2. The second-order valence-corrected chi connectivity index (χ2v) is 5.27. The van der Waals surface area contributed by atoms with E-state index in [2.05, 4.69) is 25.8 Å². The summed E-state index contributed by atoms with van der Waals surface area (Å²) >= 11 is 1.41. The van der Waals surface area contributed by atoms with Crippen molar-refractivity contribution in [2.75, 3.05) is 11.9 Å². The van der Waals surface area contributed by atoms with E-state index in [4.69, 9.17) is 0 Å². The van der Waals surface area contributed by atoms with Crippen LogP contribution in [-0.2, 0) is 0 Å². The van der Waals surface area contributed by atoms with Crippen molar-refractivity contribution in [3.05, 3.63) is 35.1 Å². The van der Waals surface area contributed by atoms with Crippen LogP contribution in [0, 0.1) is 0 Å². The topological polar surface area (TPSA) is 79.8 Å². The summed E-state index contributed by atoms with van der Waals surface area (Å²) in [6, 6.07) is 5.48. The first-order valence-corrected chi connectivity index (χ1v) is 6.94. The minimum atomic E-state index is -0.261. The Morgan fingerprint density at radius 3 is 3.11 bits per heavy atom. The van der Waals surface area contributed by atoms with Crippen LogP contribution < -0.4 is 10.6 Å². The fourth-order valence-corrected chi connectivity index (χ4v) is 2.83. The van der Waals surface area contributed by atoms with Crippen LogP contribution in [0.2, 0.25) is 0 Å². The number of anilines is 1. The summed E-state index contributed by atoms with van der Waals surface area (Å²) in [6.45, 7) is 1.01. The van der Waals surface area contributed by atoms with Gasteiger partial charge in [-0.3, -0.25) is 15.1 Å². The quantitative estimate of drug-likeness (QED) is 0.889. The molecule has 0 saturated carbocycles. The molecule has 2 N–H and O–H groups in total. The van der Waals surface area contributed by atoms with Crippen LogP contribution in [0.3, 0.4) is 0 Å². The van der Waals surface area contributed by atoms with Crippen LogP contribution in [0.25, 0.3) is 0 Å². The van der Waals surface area contributed by atoms with Crippen molar-refractivity contribution in [2.24, 2.45) is 0 Å². The maximum Gasteiger partial charge on any atom is 0.276 e. The summed E-state index contributed by atoms with van der Waals surface area (Å²) in [6.07, 6.45) is 3.81. The summed E-state index contributed by atoms with van der Waals surface area (Å²) in [5.41, 5.74) is 0.373. The summed E-state index contributed by atoms with van der Waals surface area (Å²) in [7, 11) is 0. The third kappa shape index (κ3) is 2.77. The third-order valence-corrected chi connectivity index (χ3v) is 3.87. The van der Waals surface area contributed by atoms with Gasteiger partial charge in [0.15, 0.2) is 0 Å². The molecular weight excluding hydrogens is 262 g/mol. The van der Waals surface area contributed by atoms with Gasteiger partial charge in [-0.05, 0) is 31.5 Å². The van der Waals surface area contributed by atoms with Crippen molar-refractivity contribution in [1.82, 2.24) is 20.5 Å². The molecule has 6 nitrogen and oxygen atoms in total. The Bertz CT molecular complexity index is 565. The Kier molecular flexibility index (Phi) is 3.47. The number of amides is 1. The fraction of sp³-hybridized carbons (Fsp3) is 0.333. The van der Waals surface area contributed by atoms with Gasteiger partial charge in [0.1, 0.15) is 10.7 Å². The third-order valence-electron chi connectivity index (χ3n) is 2.92. The van der Waals surface area contributed by atoms with Gasteiger partial charge >= 0.3 is 0 Å². The smallest absolute Gasteiger partial charge is 0.276 e. The molecule has 1 fully saturated rings. The van der Waals surface area contributed by atoms with E-state index in [0.717, 1.165) is 24.4 Å². The molecular formula is C12H13N5OS. The predicted molar refractivity (Wildman–Crippen MR) is 72.1 cm³/mol. The molecule has 1 aliphatic rings. The van der Waals surface area contributed by atoms with Crippen molar-refractivity contribution in [3.63, 3.8) is 0 Å². The summed E-state index contributed by atoms with van der Waals surface area (Å²) in [5, 5.41) is 15.6. The molecule has 19 heavy (non-hydrogen) atoms. The molecule has 1 amide bonds. The lowest BCUT2D eigenvalue weighted by Crippen LogP contribution is -2.13. The Morgan fingerprint density at radius 2 is 2.37 bits per heavy atom. The minimum Gasteiger partial charge on any atom is -0.308 e. The van der Waals surface area contributed by atoms with Gasteiger partial charge in [0, 0.05) is 6.20 Å². The number of nitrogens with one attached hydrogen (secondary N) is 2. The summed E-state index contributed by atoms with van der Waals surface area (Å²) in [4.78, 5) is 15.9. The lowest BCUT2D eigenvalue weighted by molar-refractivity contribution is 0.102. The van der Waals surface area contributed by atoms with Crippen molar-refractivity contribution in [2.45, 2.75) is 18.9 Å². The molecule has 0 aromatic carbocycles. The van der Waals surface area contributed by atoms with Gasteiger partial charge in [-0.1, -0.05) is 17.4 Å². The normalized spacial score (nSPS) is 18.4. The SMILES string of the molecule is O=C(Nc1nnc(C2CCCN2)s1)c1ccccn1. The average Bonchev–Trinajstić information content (AvgIpc) is 3.10. The first-order chi connectivity index (χ1) is 9.33. The zero-order valence-corrected chi connectivity index (χ0v) is 11.0. The Balaban J connectivity index is 1.68. The molecule has 3 rings (SSSR count). The molecule has 0 aliphatic carbocycles. The van der Waals surface area contributed by atoms with Gasteiger partial charge in [0.2, 0.25) is 5.13 Å². The number of rotatable bonds is 3. The zero-order valence-electron chi connectivity index (χ0n) is 10.2. The van der Waals surface area contributed by atoms with Crippen LogP contribution in [0.5, 0.6) is 0 Å². The van der Waals surface area contributed by atoms with E-state index in [-0.39, 0.29) is 11.9 Å². The monoisotopic (exact) mass is 275 g/mol. The number of pyridine rings is 1. The van der Waals surface area contributed by atoms with Crippen molar-refractivity contribution in [1.29, 1.82) is 0 Å². The number of nitrogens with zero attached hydrogens (tertiary/aromatic N) is 3. The lowest BCUT2D eigenvalue weighted by Gasteiger charge is -2.03. The maximum absolute atomic E-state index is 11.9. The van der Waals surface area contributed by atoms with Crippen LogP contribution in [0.1, 0.15) is 34.4 Å². The van der Waals surface area contributed by atoms with Gasteiger partial charge in [-0.25, -0.2) is 0 Å². The molecule has 0 radical (unpaired) electrons. The molecule has 7 heteroatoms. The second kappa shape index (κ2) is 5.41. The van der Waals surface area contributed by atoms with Gasteiger partial charge < -0.3 is 5.32 Å². The highest BCUT2D eigenvalue weighted by Gasteiger charge is 2.21. The van der Waals surface area contributed by atoms with Crippen molar-refractivity contribution in [3.8, 4) is 0 Å². The first-order valence-electron chi connectivity index (χ1n) is 6.12. The molecule has 1 unspecified atom stereocenters. The van der Waals surface area contributed by atoms with E-state index in [1.165, 1.54) is 11.3 Å². The molecule has 3 heterocycles. The maximum atomic E-state index is 11.9. The van der Waals surface area contributed by atoms with Gasteiger partial charge in [0.25, 0.3) is 5.91 Å². The van der Waals surface area contributed by atoms with E-state index in [0.29, 0.717) is 10.8 Å². The van der Waals surface area contributed by atoms with Gasteiger partial charge in [0.05, 0.1) is 6.04 Å². The molecule has 1 saturated heterocycles. The highest BCUT2D eigenvalue weighted by Crippen LogP contribution is 2.27. The molecule has 98 valence electrons. The summed E-state index contributed by atoms with van der Waals surface area (Å²) in [5.74, 6) is -0.261. The highest BCUT2D eigenvalue weighted by molar-refractivity contribution is 7.15. The van der Waals surface area contributed by atoms with E-state index in [9.17, 15) is 4.79 Å². The standard InChI is InChI=1S/C12H13N5OS/c18-10(8-4-1-2-6-13-8)15-12-17-16-11(19-12)9-5-3-7-14-9/h1-2,4,6,9,14H,3,5,7H2,(H,15,17,18). The first kappa shape index (κ1) is 12.2. The van der Waals surface area contributed by atoms with Crippen LogP contribution >= 0.6 is 11.3 Å². The molecule has 1 aliphatic heterocycles. The van der Waals surface area contributed by atoms with Crippen molar-refractivity contribution < 1.29 is 4.79 Å². The zero-order chi connectivity index (χ0) is 13.1. The van der Waals surface area contributed by atoms with Crippen LogP contribution in [-0.4, -0.2) is 27.6 Å². The largest absolute Gasteiger partial charge is 0.308 e. The number of hydrogen-bond acceptors (Lipinski definition) is 6. The predicted octanol–water partition coefficient (Wildman–Crippen LogP) is 1.61. The molecule has 2 aromatic rings. The highest BCUT2D eigenvalue weighted by atomic mass is 32.1. The molecule has 0 bridgehead atoms.